The summed E-state index contributed by atoms with van der Waals surface area (Å²) in [6.45, 7) is 0. The molecular formula is C7H7NO. The van der Waals surface area contributed by atoms with Crippen molar-refractivity contribution in [2.24, 2.45) is 0 Å². The van der Waals surface area contributed by atoms with E-state index in [0.29, 0.717) is 5.57 Å². The molecule has 0 spiro atoms. The fourth-order valence-electron chi connectivity index (χ4n) is 0.765. The van der Waals surface area contributed by atoms with Gasteiger partial charge >= 0.3 is 0 Å². The normalized spacial score (nSPS) is 17.7. The van der Waals surface area contributed by atoms with E-state index < -0.39 is 0 Å². The van der Waals surface area contributed by atoms with Crippen LogP contribution in [0, 0.1) is 11.3 Å². The number of nitriles is 1. The average molecular weight is 121 g/mol. The molecule has 2 nitrogen and oxygen atoms in total. The van der Waals surface area contributed by atoms with E-state index in [1.807, 2.05) is 6.07 Å². The molecule has 1 rings (SSSR count). The summed E-state index contributed by atoms with van der Waals surface area (Å²) in [4.78, 5) is 0. The number of aliphatic hydroxyl groups excluding tert-OH is 1. The van der Waals surface area contributed by atoms with Gasteiger partial charge in [-0.3, -0.25) is 0 Å². The third-order valence-electron chi connectivity index (χ3n) is 1.25. The molecule has 0 aromatic heterocycles. The number of allylic oxidation sites excluding steroid dienone is 3. The Balaban J connectivity index is 2.83. The van der Waals surface area contributed by atoms with E-state index in [-0.39, 0.29) is 5.76 Å². The highest BCUT2D eigenvalue weighted by Crippen LogP contribution is 2.14. The lowest BCUT2D eigenvalue weighted by Crippen LogP contribution is -1.90. The van der Waals surface area contributed by atoms with Crippen molar-refractivity contribution in [3.8, 4) is 6.07 Å². The number of aliphatic hydroxyl groups is 1. The Bertz CT molecular complexity index is 207. The highest BCUT2D eigenvalue weighted by atomic mass is 16.3. The molecule has 0 aromatic rings. The molecule has 0 amide bonds. The third-order valence-corrected chi connectivity index (χ3v) is 1.25. The summed E-state index contributed by atoms with van der Waals surface area (Å²) in [6, 6.07) is 1.90. The molecule has 0 fully saturated rings. The Hall–Kier alpha value is -1.23. The highest BCUT2D eigenvalue weighted by Gasteiger charge is 2.03. The topological polar surface area (TPSA) is 44.0 Å². The third kappa shape index (κ3) is 1.11. The summed E-state index contributed by atoms with van der Waals surface area (Å²) in [6.07, 6.45) is 5.12. The zero-order valence-corrected chi connectivity index (χ0v) is 4.96. The van der Waals surface area contributed by atoms with E-state index in [0.717, 1.165) is 12.8 Å². The van der Waals surface area contributed by atoms with Gasteiger partial charge in [-0.15, -0.1) is 0 Å². The molecule has 0 bridgehead atoms. The van der Waals surface area contributed by atoms with Gasteiger partial charge in [0, 0.05) is 0 Å². The van der Waals surface area contributed by atoms with Crippen LogP contribution in [-0.4, -0.2) is 5.11 Å². The van der Waals surface area contributed by atoms with Crippen LogP contribution in [0.5, 0.6) is 0 Å². The molecule has 1 aliphatic carbocycles. The van der Waals surface area contributed by atoms with Gasteiger partial charge < -0.3 is 5.11 Å². The Morgan fingerprint density at radius 1 is 1.44 bits per heavy atom. The first-order chi connectivity index (χ1) is 4.34. The first-order valence-corrected chi connectivity index (χ1v) is 2.84. The summed E-state index contributed by atoms with van der Waals surface area (Å²) in [5.74, 6) is 0.128. The van der Waals surface area contributed by atoms with Gasteiger partial charge in [-0.2, -0.15) is 5.26 Å². The van der Waals surface area contributed by atoms with Crippen molar-refractivity contribution in [1.29, 1.82) is 5.26 Å². The summed E-state index contributed by atoms with van der Waals surface area (Å²) in [7, 11) is 0. The lowest BCUT2D eigenvalue weighted by Gasteiger charge is -2.01. The van der Waals surface area contributed by atoms with Crippen molar-refractivity contribution >= 4 is 0 Å². The minimum Gasteiger partial charge on any atom is -0.507 e. The predicted octanol–water partition coefficient (Wildman–Crippen LogP) is 1.67. The molecule has 0 heterocycles. The van der Waals surface area contributed by atoms with E-state index in [1.165, 1.54) is 0 Å². The number of hydrogen-bond donors (Lipinski definition) is 1. The minimum atomic E-state index is 0.128. The molecule has 0 aliphatic heterocycles. The van der Waals surface area contributed by atoms with Gasteiger partial charge in [0.25, 0.3) is 0 Å². The largest absolute Gasteiger partial charge is 0.507 e. The van der Waals surface area contributed by atoms with Gasteiger partial charge in [0.1, 0.15) is 11.8 Å². The lowest BCUT2D eigenvalue weighted by atomic mass is 10.1. The van der Waals surface area contributed by atoms with Crippen LogP contribution in [-0.2, 0) is 0 Å². The SMILES string of the molecule is N#CC1=CCCC=C1O. The average Bonchev–Trinajstić information content (AvgIpc) is 1.89. The lowest BCUT2D eigenvalue weighted by molar-refractivity contribution is 0.421. The second kappa shape index (κ2) is 2.36. The zero-order valence-electron chi connectivity index (χ0n) is 4.96. The Morgan fingerprint density at radius 3 is 2.56 bits per heavy atom. The van der Waals surface area contributed by atoms with E-state index in [1.54, 1.807) is 12.2 Å². The Morgan fingerprint density at radius 2 is 2.11 bits per heavy atom. The standard InChI is InChI=1S/C7H7NO/c8-5-6-3-1-2-4-7(6)9/h3-4,9H,1-2H2. The number of nitrogens with zero attached hydrogens (tertiary/aromatic N) is 1. The van der Waals surface area contributed by atoms with Crippen molar-refractivity contribution in [2.75, 3.05) is 0 Å². The molecule has 2 heteroatoms. The van der Waals surface area contributed by atoms with Gasteiger partial charge in [-0.25, -0.2) is 0 Å². The first-order valence-electron chi connectivity index (χ1n) is 2.84. The van der Waals surface area contributed by atoms with Crippen LogP contribution in [0.15, 0.2) is 23.5 Å². The molecule has 0 atom stereocenters. The van der Waals surface area contributed by atoms with E-state index in [2.05, 4.69) is 0 Å². The van der Waals surface area contributed by atoms with Gasteiger partial charge in [0.15, 0.2) is 0 Å². The smallest absolute Gasteiger partial charge is 0.129 e. The quantitative estimate of drug-likeness (QED) is 0.529. The van der Waals surface area contributed by atoms with Crippen LogP contribution in [0.2, 0.25) is 0 Å². The van der Waals surface area contributed by atoms with Crippen LogP contribution in [0.1, 0.15) is 12.8 Å². The molecule has 1 N–H and O–H groups in total. The monoisotopic (exact) mass is 121 g/mol. The Kier molecular flexibility index (Phi) is 1.55. The Labute approximate surface area is 53.7 Å². The molecule has 0 saturated heterocycles. The summed E-state index contributed by atoms with van der Waals surface area (Å²) in [5, 5.41) is 17.3. The molecule has 0 unspecified atom stereocenters. The van der Waals surface area contributed by atoms with Crippen molar-refractivity contribution in [1.82, 2.24) is 0 Å². The fourth-order valence-corrected chi connectivity index (χ4v) is 0.765. The second-order valence-corrected chi connectivity index (χ2v) is 1.90. The molecule has 0 saturated carbocycles. The van der Waals surface area contributed by atoms with Gasteiger partial charge in [-0.05, 0) is 18.9 Å². The van der Waals surface area contributed by atoms with Crippen molar-refractivity contribution in [2.45, 2.75) is 12.8 Å². The molecule has 0 aromatic carbocycles. The van der Waals surface area contributed by atoms with Crippen molar-refractivity contribution < 1.29 is 5.11 Å². The van der Waals surface area contributed by atoms with Crippen molar-refractivity contribution in [3.63, 3.8) is 0 Å². The highest BCUT2D eigenvalue weighted by molar-refractivity contribution is 5.39. The number of rotatable bonds is 0. The number of hydrogen-bond acceptors (Lipinski definition) is 2. The zero-order chi connectivity index (χ0) is 6.69. The van der Waals surface area contributed by atoms with Crippen LogP contribution in [0.3, 0.4) is 0 Å². The van der Waals surface area contributed by atoms with Gasteiger partial charge in [0.05, 0.1) is 5.57 Å². The fraction of sp³-hybridized carbons (Fsp3) is 0.286. The molecular weight excluding hydrogens is 114 g/mol. The first kappa shape index (κ1) is 5.90. The summed E-state index contributed by atoms with van der Waals surface area (Å²) < 4.78 is 0. The maximum absolute atomic E-state index is 8.94. The molecule has 1 aliphatic rings. The molecule has 46 valence electrons. The van der Waals surface area contributed by atoms with Crippen LogP contribution in [0.4, 0.5) is 0 Å². The van der Waals surface area contributed by atoms with E-state index in [4.69, 9.17) is 10.4 Å². The second-order valence-electron chi connectivity index (χ2n) is 1.90. The van der Waals surface area contributed by atoms with Crippen LogP contribution in [0.25, 0.3) is 0 Å². The van der Waals surface area contributed by atoms with E-state index in [9.17, 15) is 0 Å². The van der Waals surface area contributed by atoms with E-state index >= 15 is 0 Å². The van der Waals surface area contributed by atoms with Crippen molar-refractivity contribution in [3.05, 3.63) is 23.5 Å². The maximum Gasteiger partial charge on any atom is 0.129 e. The van der Waals surface area contributed by atoms with Crippen LogP contribution >= 0.6 is 0 Å². The summed E-state index contributed by atoms with van der Waals surface area (Å²) in [5.41, 5.74) is 0.404. The summed E-state index contributed by atoms with van der Waals surface area (Å²) >= 11 is 0. The maximum atomic E-state index is 8.94. The minimum absolute atomic E-state index is 0.128. The van der Waals surface area contributed by atoms with Crippen LogP contribution < -0.4 is 0 Å². The van der Waals surface area contributed by atoms with Gasteiger partial charge in [-0.1, -0.05) is 6.08 Å². The molecule has 0 radical (unpaired) electrons. The molecule has 9 heavy (non-hydrogen) atoms. The van der Waals surface area contributed by atoms with Gasteiger partial charge in [0.2, 0.25) is 0 Å². The predicted molar refractivity (Wildman–Crippen MR) is 33.6 cm³/mol.